The van der Waals surface area contributed by atoms with Gasteiger partial charge in [-0.05, 0) is 40.5 Å². The van der Waals surface area contributed by atoms with Crippen LogP contribution in [0.1, 0.15) is 13.3 Å². The number of alkyl halides is 1. The molecular formula is C10H12Br2N2O3S. The molecule has 1 aromatic rings. The number of primary sulfonamides is 1. The Bertz CT molecular complexity index is 560. The fraction of sp³-hybridized carbons (Fsp3) is 0.300. The molecule has 1 amide bonds. The summed E-state index contributed by atoms with van der Waals surface area (Å²) in [5.74, 6) is -0.193. The minimum absolute atomic E-state index is 0.0155. The molecule has 1 atom stereocenters. The van der Waals surface area contributed by atoms with Crippen LogP contribution in [0.2, 0.25) is 0 Å². The van der Waals surface area contributed by atoms with Gasteiger partial charge in [0.15, 0.2) is 0 Å². The monoisotopic (exact) mass is 398 g/mol. The highest BCUT2D eigenvalue weighted by Gasteiger charge is 2.15. The lowest BCUT2D eigenvalue weighted by Gasteiger charge is -2.11. The molecule has 1 unspecified atom stereocenters. The number of halogens is 2. The molecule has 0 radical (unpaired) electrons. The van der Waals surface area contributed by atoms with E-state index in [2.05, 4.69) is 37.2 Å². The number of anilines is 1. The van der Waals surface area contributed by atoms with Crippen molar-refractivity contribution in [1.82, 2.24) is 0 Å². The van der Waals surface area contributed by atoms with Gasteiger partial charge in [0.2, 0.25) is 15.9 Å². The molecule has 0 saturated heterocycles. The summed E-state index contributed by atoms with van der Waals surface area (Å²) in [6.07, 6.45) is 0.652. The maximum absolute atomic E-state index is 11.7. The van der Waals surface area contributed by atoms with E-state index in [9.17, 15) is 13.2 Å². The van der Waals surface area contributed by atoms with E-state index in [0.717, 1.165) is 0 Å². The first-order chi connectivity index (χ1) is 8.25. The lowest BCUT2D eigenvalue weighted by atomic mass is 10.3. The van der Waals surface area contributed by atoms with Crippen molar-refractivity contribution in [3.05, 3.63) is 22.7 Å². The maximum atomic E-state index is 11.7. The standard InChI is InChI=1S/C10H12Br2N2O3S/c1-2-7(11)10(15)14-9-4-3-6(5-8(9)12)18(13,16)17/h3-5,7H,2H2,1H3,(H,14,15)(H2,13,16,17). The minimum atomic E-state index is -3.74. The normalized spacial score (nSPS) is 13.1. The van der Waals surface area contributed by atoms with Crippen molar-refractivity contribution in [2.75, 3.05) is 5.32 Å². The number of nitrogens with two attached hydrogens (primary N) is 1. The predicted octanol–water partition coefficient (Wildman–Crippen LogP) is 2.21. The minimum Gasteiger partial charge on any atom is -0.324 e. The molecule has 8 heteroatoms. The van der Waals surface area contributed by atoms with Crippen LogP contribution >= 0.6 is 31.9 Å². The lowest BCUT2D eigenvalue weighted by molar-refractivity contribution is -0.115. The Morgan fingerprint density at radius 2 is 2.11 bits per heavy atom. The molecule has 100 valence electrons. The Morgan fingerprint density at radius 3 is 2.56 bits per heavy atom. The molecule has 0 spiro atoms. The molecule has 0 aliphatic carbocycles. The van der Waals surface area contributed by atoms with Crippen LogP contribution in [0.4, 0.5) is 5.69 Å². The van der Waals surface area contributed by atoms with Gasteiger partial charge in [-0.2, -0.15) is 0 Å². The molecule has 0 bridgehead atoms. The number of amides is 1. The Morgan fingerprint density at radius 1 is 1.50 bits per heavy atom. The van der Waals surface area contributed by atoms with Crippen LogP contribution in [-0.4, -0.2) is 19.2 Å². The van der Waals surface area contributed by atoms with Crippen LogP contribution in [0.5, 0.6) is 0 Å². The molecule has 18 heavy (non-hydrogen) atoms. The third kappa shape index (κ3) is 4.04. The lowest BCUT2D eigenvalue weighted by Crippen LogP contribution is -2.22. The van der Waals surface area contributed by atoms with E-state index in [0.29, 0.717) is 16.6 Å². The van der Waals surface area contributed by atoms with Crippen LogP contribution in [0.15, 0.2) is 27.6 Å². The van der Waals surface area contributed by atoms with Gasteiger partial charge in [0.25, 0.3) is 0 Å². The van der Waals surface area contributed by atoms with Crippen LogP contribution in [0.3, 0.4) is 0 Å². The fourth-order valence-electron chi connectivity index (χ4n) is 1.17. The first-order valence-corrected chi connectivity index (χ1v) is 8.28. The topological polar surface area (TPSA) is 89.3 Å². The summed E-state index contributed by atoms with van der Waals surface area (Å²) in [7, 11) is -3.74. The van der Waals surface area contributed by atoms with Gasteiger partial charge in [-0.3, -0.25) is 4.79 Å². The average Bonchev–Trinajstić information content (AvgIpc) is 2.29. The summed E-state index contributed by atoms with van der Waals surface area (Å²) < 4.78 is 22.7. The van der Waals surface area contributed by atoms with Gasteiger partial charge in [-0.1, -0.05) is 22.9 Å². The predicted molar refractivity (Wildman–Crippen MR) is 77.2 cm³/mol. The number of rotatable bonds is 4. The van der Waals surface area contributed by atoms with E-state index in [1.165, 1.54) is 18.2 Å². The molecule has 1 rings (SSSR count). The van der Waals surface area contributed by atoms with Gasteiger partial charge >= 0.3 is 0 Å². The number of nitrogens with one attached hydrogen (secondary N) is 1. The average molecular weight is 400 g/mol. The fourth-order valence-corrected chi connectivity index (χ4v) is 2.45. The second-order valence-electron chi connectivity index (χ2n) is 3.55. The van der Waals surface area contributed by atoms with Crippen molar-refractivity contribution < 1.29 is 13.2 Å². The number of hydrogen-bond donors (Lipinski definition) is 2. The van der Waals surface area contributed by atoms with Crippen LogP contribution < -0.4 is 10.5 Å². The zero-order chi connectivity index (χ0) is 13.9. The Balaban J connectivity index is 2.97. The van der Waals surface area contributed by atoms with Crippen LogP contribution in [0.25, 0.3) is 0 Å². The van der Waals surface area contributed by atoms with E-state index in [4.69, 9.17) is 5.14 Å². The molecule has 0 aliphatic heterocycles. The van der Waals surface area contributed by atoms with Gasteiger partial charge in [0, 0.05) is 4.47 Å². The first-order valence-electron chi connectivity index (χ1n) is 5.03. The van der Waals surface area contributed by atoms with Gasteiger partial charge in [0.05, 0.1) is 15.4 Å². The van der Waals surface area contributed by atoms with Crippen molar-refractivity contribution >= 4 is 53.5 Å². The molecule has 3 N–H and O–H groups in total. The Kier molecular flexibility index (Phi) is 5.32. The summed E-state index contributed by atoms with van der Waals surface area (Å²) in [6.45, 7) is 1.87. The number of benzene rings is 1. The van der Waals surface area contributed by atoms with Gasteiger partial charge < -0.3 is 5.32 Å². The summed E-state index contributed by atoms with van der Waals surface area (Å²) in [6, 6.07) is 4.17. The van der Waals surface area contributed by atoms with E-state index in [1.54, 1.807) is 0 Å². The number of sulfonamides is 1. The second-order valence-corrected chi connectivity index (χ2v) is 7.07. The smallest absolute Gasteiger partial charge is 0.238 e. The quantitative estimate of drug-likeness (QED) is 0.760. The van der Waals surface area contributed by atoms with Crippen LogP contribution in [0, 0.1) is 0 Å². The highest BCUT2D eigenvalue weighted by Crippen LogP contribution is 2.26. The molecule has 0 fully saturated rings. The van der Waals surface area contributed by atoms with E-state index in [1.807, 2.05) is 6.92 Å². The van der Waals surface area contributed by atoms with E-state index in [-0.39, 0.29) is 15.6 Å². The SMILES string of the molecule is CCC(Br)C(=O)Nc1ccc(S(N)(=O)=O)cc1Br. The summed E-state index contributed by atoms with van der Waals surface area (Å²) in [5.41, 5.74) is 0.491. The number of carbonyl (C=O) groups is 1. The Hall–Kier alpha value is -0.440. The van der Waals surface area contributed by atoms with E-state index < -0.39 is 10.0 Å². The van der Waals surface area contributed by atoms with Gasteiger partial charge in [-0.15, -0.1) is 0 Å². The van der Waals surface area contributed by atoms with Crippen LogP contribution in [-0.2, 0) is 14.8 Å². The summed E-state index contributed by atoms with van der Waals surface area (Å²) in [5, 5.41) is 7.67. The van der Waals surface area contributed by atoms with Gasteiger partial charge in [-0.25, -0.2) is 13.6 Å². The zero-order valence-corrected chi connectivity index (χ0v) is 13.5. The maximum Gasteiger partial charge on any atom is 0.238 e. The van der Waals surface area contributed by atoms with Crippen molar-refractivity contribution in [3.8, 4) is 0 Å². The summed E-state index contributed by atoms with van der Waals surface area (Å²) in [4.78, 5) is 11.4. The third-order valence-electron chi connectivity index (χ3n) is 2.17. The largest absolute Gasteiger partial charge is 0.324 e. The molecule has 5 nitrogen and oxygen atoms in total. The molecule has 0 saturated carbocycles. The highest BCUT2D eigenvalue weighted by atomic mass is 79.9. The number of carbonyl (C=O) groups excluding carboxylic acids is 1. The van der Waals surface area contributed by atoms with Crippen molar-refractivity contribution in [2.45, 2.75) is 23.1 Å². The van der Waals surface area contributed by atoms with Crippen molar-refractivity contribution in [3.63, 3.8) is 0 Å². The molecule has 0 aromatic heterocycles. The summed E-state index contributed by atoms with van der Waals surface area (Å²) >= 11 is 6.42. The van der Waals surface area contributed by atoms with Crippen molar-refractivity contribution in [1.29, 1.82) is 0 Å². The third-order valence-corrected chi connectivity index (χ3v) is 4.80. The second kappa shape index (κ2) is 6.14. The number of hydrogen-bond acceptors (Lipinski definition) is 3. The van der Waals surface area contributed by atoms with E-state index >= 15 is 0 Å². The molecule has 0 aliphatic rings. The molecule has 0 heterocycles. The first kappa shape index (κ1) is 15.6. The molecular weight excluding hydrogens is 388 g/mol. The molecule has 1 aromatic carbocycles. The Labute approximate surface area is 122 Å². The van der Waals surface area contributed by atoms with Crippen molar-refractivity contribution in [2.24, 2.45) is 5.14 Å². The highest BCUT2D eigenvalue weighted by molar-refractivity contribution is 9.10. The van der Waals surface area contributed by atoms with Gasteiger partial charge in [0.1, 0.15) is 0 Å². The zero-order valence-electron chi connectivity index (χ0n) is 9.48.